The molecule has 1 fully saturated rings. The normalized spacial score (nSPS) is 26.1. The average Bonchev–Trinajstić information content (AvgIpc) is 2.87. The first-order valence-corrected chi connectivity index (χ1v) is 8.53. The number of fused-ring (bicyclic) bond motifs is 3. The van der Waals surface area contributed by atoms with E-state index in [1.165, 1.54) is 17.7 Å². The predicted octanol–water partition coefficient (Wildman–Crippen LogP) is 5.55. The third-order valence-electron chi connectivity index (χ3n) is 5.23. The van der Waals surface area contributed by atoms with Gasteiger partial charge >= 0.3 is 6.18 Å². The number of rotatable bonds is 1. The van der Waals surface area contributed by atoms with Crippen molar-refractivity contribution in [3.05, 3.63) is 69.7 Å². The maximum absolute atomic E-state index is 13.1. The Bertz CT molecular complexity index is 771. The number of alkyl halides is 3. The number of piperidine rings is 1. The van der Waals surface area contributed by atoms with Crippen LogP contribution in [0.4, 0.5) is 13.2 Å². The van der Waals surface area contributed by atoms with E-state index in [2.05, 4.69) is 5.32 Å². The van der Waals surface area contributed by atoms with E-state index in [1.807, 2.05) is 24.3 Å². The van der Waals surface area contributed by atoms with Gasteiger partial charge in [-0.05, 0) is 60.2 Å². The first-order valence-electron chi connectivity index (χ1n) is 8.15. The monoisotopic (exact) mass is 351 g/mol. The lowest BCUT2D eigenvalue weighted by Gasteiger charge is -2.31. The minimum absolute atomic E-state index is 0.0428. The number of nitrogens with one attached hydrogen (secondary N) is 1. The van der Waals surface area contributed by atoms with Gasteiger partial charge in [0.25, 0.3) is 0 Å². The van der Waals surface area contributed by atoms with E-state index >= 15 is 0 Å². The van der Waals surface area contributed by atoms with E-state index in [0.717, 1.165) is 36.6 Å². The Balaban J connectivity index is 1.84. The van der Waals surface area contributed by atoms with Crippen LogP contribution in [0.5, 0.6) is 0 Å². The zero-order chi connectivity index (χ0) is 16.9. The van der Waals surface area contributed by atoms with Gasteiger partial charge in [0.05, 0.1) is 5.56 Å². The minimum atomic E-state index is -4.32. The van der Waals surface area contributed by atoms with E-state index < -0.39 is 11.7 Å². The van der Waals surface area contributed by atoms with Crippen LogP contribution in [0.15, 0.2) is 42.5 Å². The van der Waals surface area contributed by atoms with Crippen LogP contribution in [0.2, 0.25) is 5.02 Å². The lowest BCUT2D eigenvalue weighted by atomic mass is 9.80. The second-order valence-electron chi connectivity index (χ2n) is 6.61. The van der Waals surface area contributed by atoms with Crippen LogP contribution in [0.25, 0.3) is 0 Å². The Kier molecular flexibility index (Phi) is 3.85. The topological polar surface area (TPSA) is 12.0 Å². The Morgan fingerprint density at radius 3 is 2.67 bits per heavy atom. The van der Waals surface area contributed by atoms with Crippen LogP contribution >= 0.6 is 11.6 Å². The summed E-state index contributed by atoms with van der Waals surface area (Å²) in [5.74, 6) is 0.231. The highest BCUT2D eigenvalue weighted by molar-refractivity contribution is 6.30. The third kappa shape index (κ3) is 2.62. The molecule has 4 rings (SSSR count). The van der Waals surface area contributed by atoms with Crippen LogP contribution in [0, 0.1) is 5.92 Å². The van der Waals surface area contributed by atoms with Crippen molar-refractivity contribution in [3.8, 4) is 0 Å². The molecule has 2 aromatic carbocycles. The number of hydrogen-bond acceptors (Lipinski definition) is 1. The lowest BCUT2D eigenvalue weighted by Crippen LogP contribution is -2.32. The fourth-order valence-corrected chi connectivity index (χ4v) is 4.46. The molecule has 1 aliphatic heterocycles. The summed E-state index contributed by atoms with van der Waals surface area (Å²) >= 11 is 6.18. The molecule has 3 unspecified atom stereocenters. The zero-order valence-corrected chi connectivity index (χ0v) is 13.7. The van der Waals surface area contributed by atoms with Crippen molar-refractivity contribution in [2.24, 2.45) is 5.92 Å². The summed E-state index contributed by atoms with van der Waals surface area (Å²) in [4.78, 5) is 0. The smallest absolute Gasteiger partial charge is 0.310 e. The van der Waals surface area contributed by atoms with Gasteiger partial charge in [-0.15, -0.1) is 0 Å². The van der Waals surface area contributed by atoms with E-state index in [-0.39, 0.29) is 17.9 Å². The summed E-state index contributed by atoms with van der Waals surface area (Å²) < 4.78 is 39.3. The van der Waals surface area contributed by atoms with Crippen molar-refractivity contribution in [1.82, 2.24) is 5.32 Å². The molecule has 1 N–H and O–H groups in total. The van der Waals surface area contributed by atoms with Crippen molar-refractivity contribution in [2.45, 2.75) is 31.0 Å². The first-order chi connectivity index (χ1) is 11.4. The molecule has 0 aromatic heterocycles. The molecule has 24 heavy (non-hydrogen) atoms. The largest absolute Gasteiger partial charge is 0.416 e. The molecule has 0 amide bonds. The van der Waals surface area contributed by atoms with Crippen LogP contribution in [-0.2, 0) is 6.18 Å². The van der Waals surface area contributed by atoms with Gasteiger partial charge in [0.2, 0.25) is 0 Å². The van der Waals surface area contributed by atoms with Crippen molar-refractivity contribution < 1.29 is 13.2 Å². The lowest BCUT2D eigenvalue weighted by molar-refractivity contribution is -0.137. The van der Waals surface area contributed by atoms with Crippen molar-refractivity contribution >= 4 is 11.6 Å². The molecule has 2 aliphatic rings. The molecule has 0 saturated carbocycles. The fourth-order valence-electron chi connectivity index (χ4n) is 4.28. The van der Waals surface area contributed by atoms with Gasteiger partial charge in [-0.3, -0.25) is 0 Å². The highest BCUT2D eigenvalue weighted by Crippen LogP contribution is 2.52. The van der Waals surface area contributed by atoms with Gasteiger partial charge in [-0.1, -0.05) is 35.9 Å². The molecule has 0 bridgehead atoms. The molecule has 1 saturated heterocycles. The van der Waals surface area contributed by atoms with Gasteiger partial charge in [-0.2, -0.15) is 13.2 Å². The maximum Gasteiger partial charge on any atom is 0.416 e. The van der Waals surface area contributed by atoms with Gasteiger partial charge in [-0.25, -0.2) is 0 Å². The quantitative estimate of drug-likeness (QED) is 0.710. The Hall–Kier alpha value is -1.52. The van der Waals surface area contributed by atoms with Gasteiger partial charge in [0, 0.05) is 17.0 Å². The molecule has 0 radical (unpaired) electrons. The SMILES string of the molecule is FC(F)(F)c1cccc(C2c3cc(Cl)ccc3C3NCCCC32)c1. The standard InChI is InChI=1S/C19H17ClF3N/c20-13-6-7-14-16(10-13)17(15-5-2-8-24-18(14)15)11-3-1-4-12(9-11)19(21,22)23/h1,3-4,6-7,9-10,15,17-18,24H,2,5,8H2. The van der Waals surface area contributed by atoms with E-state index in [9.17, 15) is 13.2 Å². The maximum atomic E-state index is 13.1. The Labute approximate surface area is 143 Å². The molecule has 0 spiro atoms. The molecule has 1 heterocycles. The first kappa shape index (κ1) is 16.0. The van der Waals surface area contributed by atoms with Crippen LogP contribution in [-0.4, -0.2) is 6.54 Å². The second kappa shape index (κ2) is 5.78. The fraction of sp³-hybridized carbons (Fsp3) is 0.368. The third-order valence-corrected chi connectivity index (χ3v) is 5.46. The number of hydrogen-bond donors (Lipinski definition) is 1. The number of benzene rings is 2. The van der Waals surface area contributed by atoms with Crippen molar-refractivity contribution in [3.63, 3.8) is 0 Å². The van der Waals surface area contributed by atoms with Gasteiger partial charge < -0.3 is 5.32 Å². The van der Waals surface area contributed by atoms with Gasteiger partial charge in [0.15, 0.2) is 0 Å². The average molecular weight is 352 g/mol. The van der Waals surface area contributed by atoms with E-state index in [4.69, 9.17) is 11.6 Å². The summed E-state index contributed by atoms with van der Waals surface area (Å²) in [6, 6.07) is 11.7. The van der Waals surface area contributed by atoms with Crippen molar-refractivity contribution in [1.29, 1.82) is 0 Å². The molecule has 1 aliphatic carbocycles. The summed E-state index contributed by atoms with van der Waals surface area (Å²) in [6.45, 7) is 0.943. The summed E-state index contributed by atoms with van der Waals surface area (Å²) in [5.41, 5.74) is 2.37. The molecule has 2 aromatic rings. The molecule has 3 atom stereocenters. The van der Waals surface area contributed by atoms with Crippen LogP contribution < -0.4 is 5.32 Å². The molecule has 126 valence electrons. The molecular weight excluding hydrogens is 335 g/mol. The van der Waals surface area contributed by atoms with Gasteiger partial charge in [0.1, 0.15) is 0 Å². The molecule has 5 heteroatoms. The number of halogens is 4. The highest BCUT2D eigenvalue weighted by Gasteiger charge is 2.43. The van der Waals surface area contributed by atoms with Crippen LogP contribution in [0.1, 0.15) is 47.1 Å². The Morgan fingerprint density at radius 1 is 1.04 bits per heavy atom. The summed E-state index contributed by atoms with van der Waals surface area (Å²) in [7, 11) is 0. The summed E-state index contributed by atoms with van der Waals surface area (Å²) in [5, 5.41) is 4.17. The van der Waals surface area contributed by atoms with E-state index in [1.54, 1.807) is 0 Å². The predicted molar refractivity (Wildman–Crippen MR) is 88.2 cm³/mol. The second-order valence-corrected chi connectivity index (χ2v) is 7.05. The minimum Gasteiger partial charge on any atom is -0.310 e. The Morgan fingerprint density at radius 2 is 1.88 bits per heavy atom. The van der Waals surface area contributed by atoms with E-state index in [0.29, 0.717) is 5.02 Å². The van der Waals surface area contributed by atoms with Crippen molar-refractivity contribution in [2.75, 3.05) is 6.54 Å². The zero-order valence-electron chi connectivity index (χ0n) is 12.9. The summed E-state index contributed by atoms with van der Waals surface area (Å²) in [6.07, 6.45) is -2.28. The van der Waals surface area contributed by atoms with Crippen LogP contribution in [0.3, 0.4) is 0 Å². The molecule has 1 nitrogen and oxygen atoms in total. The highest BCUT2D eigenvalue weighted by atomic mass is 35.5. The molecular formula is C19H17ClF3N.